The number of aliphatic hydroxyl groups excluding tert-OH is 3. The molecule has 144 valence electrons. The summed E-state index contributed by atoms with van der Waals surface area (Å²) in [6, 6.07) is 17.9. The molecule has 3 rings (SSSR count). The minimum atomic E-state index is -1.59. The standard InChI is InChI=1S/C18H22N4O5/c23-13-14(24)16(17(26)21-19-11-7-3-1-4-8-11)27-18(15(13)25)22-20-12-9-5-2-6-10-12/h1-10,13-16,18-20,22-25H,(H,21,26)/t13-,14-,15-,16+,18+/m0/s1. The van der Waals surface area contributed by atoms with E-state index in [2.05, 4.69) is 21.7 Å². The minimum absolute atomic E-state index is 0.636. The van der Waals surface area contributed by atoms with Crippen LogP contribution in [-0.4, -0.2) is 51.9 Å². The predicted octanol–water partition coefficient (Wildman–Crippen LogP) is -0.446. The van der Waals surface area contributed by atoms with E-state index in [9.17, 15) is 20.1 Å². The number of carbonyl (C=O) groups excluding carboxylic acids is 1. The largest absolute Gasteiger partial charge is 0.387 e. The van der Waals surface area contributed by atoms with Gasteiger partial charge in [0.2, 0.25) is 0 Å². The lowest BCUT2D eigenvalue weighted by Crippen LogP contribution is -2.65. The molecule has 5 atom stereocenters. The van der Waals surface area contributed by atoms with Crippen LogP contribution in [0.2, 0.25) is 0 Å². The van der Waals surface area contributed by atoms with E-state index < -0.39 is 36.6 Å². The summed E-state index contributed by atoms with van der Waals surface area (Å²) in [7, 11) is 0. The van der Waals surface area contributed by atoms with Gasteiger partial charge in [-0.2, -0.15) is 0 Å². The molecule has 0 bridgehead atoms. The molecule has 0 unspecified atom stereocenters. The Morgan fingerprint density at radius 1 is 0.778 bits per heavy atom. The van der Waals surface area contributed by atoms with Crippen molar-refractivity contribution in [3.05, 3.63) is 60.7 Å². The fourth-order valence-corrected chi connectivity index (χ4v) is 2.62. The molecule has 2 aromatic carbocycles. The van der Waals surface area contributed by atoms with Crippen LogP contribution in [0.15, 0.2) is 60.7 Å². The fraction of sp³-hybridized carbons (Fsp3) is 0.278. The number of ether oxygens (including phenoxy) is 1. The summed E-state index contributed by atoms with van der Waals surface area (Å²) in [5.41, 5.74) is 12.0. The highest BCUT2D eigenvalue weighted by atomic mass is 16.6. The molecule has 2 aromatic rings. The Morgan fingerprint density at radius 3 is 1.93 bits per heavy atom. The highest BCUT2D eigenvalue weighted by molar-refractivity contribution is 5.82. The summed E-state index contributed by atoms with van der Waals surface area (Å²) in [6.07, 6.45) is -7.12. The van der Waals surface area contributed by atoms with Crippen LogP contribution < -0.4 is 21.7 Å². The smallest absolute Gasteiger partial charge is 0.270 e. The molecule has 1 aliphatic rings. The van der Waals surface area contributed by atoms with Crippen molar-refractivity contribution in [1.29, 1.82) is 0 Å². The molecule has 0 aromatic heterocycles. The third kappa shape index (κ3) is 4.73. The molecule has 0 aliphatic carbocycles. The van der Waals surface area contributed by atoms with Crippen molar-refractivity contribution < 1.29 is 24.9 Å². The SMILES string of the molecule is O=C(NNc1ccccc1)[C@@H]1O[C@@H](NNc2ccccc2)[C@@H](O)[C@@H](O)[C@@H]1O. The van der Waals surface area contributed by atoms with Crippen molar-refractivity contribution in [2.75, 3.05) is 10.9 Å². The fourth-order valence-electron chi connectivity index (χ4n) is 2.62. The van der Waals surface area contributed by atoms with Crippen LogP contribution >= 0.6 is 0 Å². The van der Waals surface area contributed by atoms with Gasteiger partial charge < -0.3 is 25.5 Å². The highest BCUT2D eigenvalue weighted by Gasteiger charge is 2.46. The Kier molecular flexibility index (Phi) is 6.22. The molecular formula is C18H22N4O5. The number of amides is 1. The predicted molar refractivity (Wildman–Crippen MR) is 98.1 cm³/mol. The topological polar surface area (TPSA) is 135 Å². The van der Waals surface area contributed by atoms with Gasteiger partial charge in [0.1, 0.15) is 18.3 Å². The Bertz CT molecular complexity index is 733. The number of anilines is 2. The van der Waals surface area contributed by atoms with Crippen LogP contribution in [0.25, 0.3) is 0 Å². The maximum Gasteiger partial charge on any atom is 0.270 e. The van der Waals surface area contributed by atoms with E-state index in [0.717, 1.165) is 0 Å². The number of nitrogens with one attached hydrogen (secondary N) is 4. The lowest BCUT2D eigenvalue weighted by molar-refractivity contribution is -0.225. The summed E-state index contributed by atoms with van der Waals surface area (Å²) in [6.45, 7) is 0. The van der Waals surface area contributed by atoms with Gasteiger partial charge in [0.05, 0.1) is 5.69 Å². The summed E-state index contributed by atoms with van der Waals surface area (Å²) < 4.78 is 5.47. The number of hydrazine groups is 2. The number of carbonyl (C=O) groups is 1. The Morgan fingerprint density at radius 2 is 1.33 bits per heavy atom. The third-order valence-corrected chi connectivity index (χ3v) is 4.11. The molecule has 0 spiro atoms. The third-order valence-electron chi connectivity index (χ3n) is 4.11. The highest BCUT2D eigenvalue weighted by Crippen LogP contribution is 2.20. The summed E-state index contributed by atoms with van der Waals surface area (Å²) in [5, 5.41) is 30.3. The van der Waals surface area contributed by atoms with Crippen molar-refractivity contribution in [2.45, 2.75) is 30.6 Å². The maximum atomic E-state index is 12.4. The molecular weight excluding hydrogens is 352 g/mol. The molecule has 27 heavy (non-hydrogen) atoms. The molecule has 0 radical (unpaired) electrons. The minimum Gasteiger partial charge on any atom is -0.387 e. The quantitative estimate of drug-likeness (QED) is 0.338. The number of hydrogen-bond acceptors (Lipinski definition) is 8. The molecule has 1 amide bonds. The average molecular weight is 374 g/mol. The zero-order chi connectivity index (χ0) is 19.2. The van der Waals surface area contributed by atoms with Gasteiger partial charge in [0, 0.05) is 5.69 Å². The van der Waals surface area contributed by atoms with Gasteiger partial charge in [-0.15, -0.1) is 0 Å². The normalized spacial score (nSPS) is 27.6. The van der Waals surface area contributed by atoms with Crippen LogP contribution in [-0.2, 0) is 9.53 Å². The molecule has 0 saturated carbocycles. The lowest BCUT2D eigenvalue weighted by atomic mass is 9.98. The van der Waals surface area contributed by atoms with Gasteiger partial charge in [-0.1, -0.05) is 36.4 Å². The van der Waals surface area contributed by atoms with Gasteiger partial charge >= 0.3 is 0 Å². The second-order valence-corrected chi connectivity index (χ2v) is 6.06. The Hall–Kier alpha value is -2.69. The lowest BCUT2D eigenvalue weighted by Gasteiger charge is -2.40. The van der Waals surface area contributed by atoms with E-state index >= 15 is 0 Å². The van der Waals surface area contributed by atoms with Crippen LogP contribution in [0.5, 0.6) is 0 Å². The zero-order valence-electron chi connectivity index (χ0n) is 14.3. The van der Waals surface area contributed by atoms with Crippen molar-refractivity contribution in [3.63, 3.8) is 0 Å². The van der Waals surface area contributed by atoms with Crippen molar-refractivity contribution in [2.24, 2.45) is 0 Å². The van der Waals surface area contributed by atoms with E-state index in [1.807, 2.05) is 24.3 Å². The first-order valence-corrected chi connectivity index (χ1v) is 8.43. The van der Waals surface area contributed by atoms with Crippen molar-refractivity contribution in [1.82, 2.24) is 10.9 Å². The molecule has 1 heterocycles. The van der Waals surface area contributed by atoms with Crippen LogP contribution in [0.1, 0.15) is 0 Å². The number of hydrogen-bond donors (Lipinski definition) is 7. The van der Waals surface area contributed by atoms with Gasteiger partial charge in [0.15, 0.2) is 12.3 Å². The van der Waals surface area contributed by atoms with Crippen molar-refractivity contribution >= 4 is 17.3 Å². The van der Waals surface area contributed by atoms with Gasteiger partial charge in [0.25, 0.3) is 5.91 Å². The van der Waals surface area contributed by atoms with E-state index in [0.29, 0.717) is 11.4 Å². The van der Waals surface area contributed by atoms with Gasteiger partial charge in [-0.25, -0.2) is 5.43 Å². The van der Waals surface area contributed by atoms with E-state index in [4.69, 9.17) is 4.74 Å². The monoisotopic (exact) mass is 374 g/mol. The number of benzene rings is 2. The maximum absolute atomic E-state index is 12.4. The van der Waals surface area contributed by atoms with Gasteiger partial charge in [-0.3, -0.25) is 15.6 Å². The first-order valence-electron chi connectivity index (χ1n) is 8.43. The molecule has 1 aliphatic heterocycles. The van der Waals surface area contributed by atoms with E-state index in [1.165, 1.54) is 0 Å². The summed E-state index contributed by atoms with van der Waals surface area (Å²) in [4.78, 5) is 12.4. The van der Waals surface area contributed by atoms with Gasteiger partial charge in [-0.05, 0) is 24.3 Å². The number of rotatable bonds is 6. The molecule has 9 heteroatoms. The Labute approximate surface area is 155 Å². The number of para-hydroxylation sites is 2. The molecule has 7 N–H and O–H groups in total. The van der Waals surface area contributed by atoms with Crippen molar-refractivity contribution in [3.8, 4) is 0 Å². The Balaban J connectivity index is 1.60. The molecule has 1 fully saturated rings. The molecule has 9 nitrogen and oxygen atoms in total. The van der Waals surface area contributed by atoms with Crippen LogP contribution in [0.4, 0.5) is 11.4 Å². The zero-order valence-corrected chi connectivity index (χ0v) is 14.3. The average Bonchev–Trinajstić information content (AvgIpc) is 2.71. The van der Waals surface area contributed by atoms with E-state index in [1.54, 1.807) is 36.4 Å². The first kappa shape index (κ1) is 19.1. The molecule has 1 saturated heterocycles. The van der Waals surface area contributed by atoms with E-state index in [-0.39, 0.29) is 0 Å². The number of aliphatic hydroxyl groups is 3. The summed E-state index contributed by atoms with van der Waals surface area (Å²) in [5.74, 6) is -0.691. The van der Waals surface area contributed by atoms with Crippen LogP contribution in [0.3, 0.4) is 0 Å². The second kappa shape index (κ2) is 8.80. The first-order chi connectivity index (χ1) is 13.1. The van der Waals surface area contributed by atoms with Crippen LogP contribution in [0, 0.1) is 0 Å². The summed E-state index contributed by atoms with van der Waals surface area (Å²) >= 11 is 0. The second-order valence-electron chi connectivity index (χ2n) is 6.06.